The first-order valence-corrected chi connectivity index (χ1v) is 11.0. The third kappa shape index (κ3) is 4.26. The molecule has 170 valence electrons. The first-order valence-electron chi connectivity index (χ1n) is 11.0. The average molecular weight is 438 g/mol. The Morgan fingerprint density at radius 1 is 1.22 bits per heavy atom. The van der Waals surface area contributed by atoms with Gasteiger partial charge in [0.25, 0.3) is 0 Å². The lowest BCUT2D eigenvalue weighted by Crippen LogP contribution is -2.48. The monoisotopic (exact) mass is 437 g/mol. The van der Waals surface area contributed by atoms with Crippen molar-refractivity contribution in [2.75, 3.05) is 23.7 Å². The zero-order valence-electron chi connectivity index (χ0n) is 19.1. The maximum absolute atomic E-state index is 12.7. The number of hydrogen-bond donors (Lipinski definition) is 2. The maximum atomic E-state index is 12.7. The second kappa shape index (κ2) is 8.07. The highest BCUT2D eigenvalue weighted by Gasteiger charge is 2.49. The predicted molar refractivity (Wildman–Crippen MR) is 123 cm³/mol. The van der Waals surface area contributed by atoms with Gasteiger partial charge in [0.15, 0.2) is 11.6 Å². The number of aromatic nitrogens is 2. The number of rotatable bonds is 3. The molecule has 1 aromatic heterocycles. The number of ether oxygens (including phenoxy) is 1. The molecule has 1 atom stereocenters. The van der Waals surface area contributed by atoms with E-state index in [0.29, 0.717) is 30.4 Å². The fraction of sp³-hybridized carbons (Fsp3) is 0.500. The van der Waals surface area contributed by atoms with Crippen molar-refractivity contribution in [3.63, 3.8) is 0 Å². The van der Waals surface area contributed by atoms with E-state index in [-0.39, 0.29) is 17.2 Å². The number of nitrogen functional groups attached to an aromatic ring is 1. The van der Waals surface area contributed by atoms with Gasteiger partial charge < -0.3 is 20.7 Å². The minimum absolute atomic E-state index is 0.124. The number of alkyl carbamates (subject to hydrolysis) is 1. The molecule has 2 aromatic rings. The zero-order valence-corrected chi connectivity index (χ0v) is 19.1. The zero-order chi connectivity index (χ0) is 23.1. The van der Waals surface area contributed by atoms with Crippen LogP contribution < -0.4 is 16.0 Å². The third-order valence-electron chi connectivity index (χ3n) is 6.35. The van der Waals surface area contributed by atoms with Crippen LogP contribution in [0.3, 0.4) is 0 Å². The van der Waals surface area contributed by atoms with Gasteiger partial charge in [0.2, 0.25) is 0 Å². The molecule has 2 aliphatic rings. The van der Waals surface area contributed by atoms with E-state index in [1.54, 1.807) is 0 Å². The van der Waals surface area contributed by atoms with Crippen molar-refractivity contribution < 1.29 is 14.3 Å². The number of hydrogen-bond acceptors (Lipinski definition) is 7. The van der Waals surface area contributed by atoms with Crippen molar-refractivity contribution in [1.82, 2.24) is 15.3 Å². The lowest BCUT2D eigenvalue weighted by molar-refractivity contribution is 0.0427. The Morgan fingerprint density at radius 2 is 1.91 bits per heavy atom. The summed E-state index contributed by atoms with van der Waals surface area (Å²) in [6.07, 6.45) is 3.56. The highest BCUT2D eigenvalue weighted by molar-refractivity contribution is 5.97. The standard InChI is InChI=1S/C24H31N5O3/c1-15(30)19-21(27-18(25)14-26-19)29-11-9-24(10-12-29)13-16-7-5-6-8-17(16)20(24)28-22(31)32-23(2,3)4/h5-8,14,20H,9-13H2,1-4H3,(H2,25,27)(H,28,31)/t20-/m1/s1. The summed E-state index contributed by atoms with van der Waals surface area (Å²) in [6, 6.07) is 8.15. The molecule has 1 aromatic carbocycles. The van der Waals surface area contributed by atoms with Gasteiger partial charge in [0.1, 0.15) is 17.1 Å². The Balaban J connectivity index is 1.58. The second-order valence-corrected chi connectivity index (χ2v) is 9.83. The second-order valence-electron chi connectivity index (χ2n) is 9.83. The molecule has 32 heavy (non-hydrogen) atoms. The minimum atomic E-state index is -0.562. The van der Waals surface area contributed by atoms with E-state index >= 15 is 0 Å². The van der Waals surface area contributed by atoms with E-state index in [2.05, 4.69) is 32.3 Å². The van der Waals surface area contributed by atoms with Crippen LogP contribution in [0.5, 0.6) is 0 Å². The molecule has 1 aliphatic heterocycles. The largest absolute Gasteiger partial charge is 0.444 e. The van der Waals surface area contributed by atoms with Gasteiger partial charge in [-0.05, 0) is 51.2 Å². The summed E-state index contributed by atoms with van der Waals surface area (Å²) >= 11 is 0. The average Bonchev–Trinajstić information content (AvgIpc) is 2.99. The number of carbonyl (C=O) groups is 2. The third-order valence-corrected chi connectivity index (χ3v) is 6.35. The Morgan fingerprint density at radius 3 is 2.56 bits per heavy atom. The molecule has 3 N–H and O–H groups in total. The highest BCUT2D eigenvalue weighted by atomic mass is 16.6. The van der Waals surface area contributed by atoms with Crippen LogP contribution in [-0.4, -0.2) is 40.5 Å². The van der Waals surface area contributed by atoms with Crippen molar-refractivity contribution >= 4 is 23.5 Å². The fourth-order valence-electron chi connectivity index (χ4n) is 4.93. The molecule has 1 fully saturated rings. The number of piperidine rings is 1. The van der Waals surface area contributed by atoms with Crippen LogP contribution in [0.2, 0.25) is 0 Å². The molecular formula is C24H31N5O3. The molecule has 1 spiro atoms. The van der Waals surface area contributed by atoms with Crippen LogP contribution in [0, 0.1) is 5.41 Å². The summed E-state index contributed by atoms with van der Waals surface area (Å²) < 4.78 is 5.56. The number of Topliss-reactive ketones (excluding diaryl/α,β-unsaturated/α-hetero) is 1. The summed E-state index contributed by atoms with van der Waals surface area (Å²) in [4.78, 5) is 35.5. The summed E-state index contributed by atoms with van der Waals surface area (Å²) in [6.45, 7) is 8.47. The number of fused-ring (bicyclic) bond motifs is 1. The van der Waals surface area contributed by atoms with Gasteiger partial charge in [-0.25, -0.2) is 14.8 Å². The van der Waals surface area contributed by atoms with E-state index in [1.807, 2.05) is 32.9 Å². The predicted octanol–water partition coefficient (Wildman–Crippen LogP) is 3.67. The molecular weight excluding hydrogens is 406 g/mol. The number of benzene rings is 1. The Labute approximate surface area is 188 Å². The smallest absolute Gasteiger partial charge is 0.408 e. The summed E-state index contributed by atoms with van der Waals surface area (Å²) in [5.74, 6) is 0.702. The Kier molecular flexibility index (Phi) is 5.56. The summed E-state index contributed by atoms with van der Waals surface area (Å²) in [7, 11) is 0. The quantitative estimate of drug-likeness (QED) is 0.705. The molecule has 1 aliphatic carbocycles. The fourth-order valence-corrected chi connectivity index (χ4v) is 4.93. The summed E-state index contributed by atoms with van der Waals surface area (Å²) in [5.41, 5.74) is 7.93. The van der Waals surface area contributed by atoms with Crippen LogP contribution in [0.1, 0.15) is 68.2 Å². The number of anilines is 2. The number of nitrogens with zero attached hydrogens (tertiary/aromatic N) is 3. The van der Waals surface area contributed by atoms with Gasteiger partial charge >= 0.3 is 6.09 Å². The van der Waals surface area contributed by atoms with Gasteiger partial charge in [-0.15, -0.1) is 0 Å². The van der Waals surface area contributed by atoms with Crippen LogP contribution in [0.4, 0.5) is 16.4 Å². The molecule has 0 bridgehead atoms. The van der Waals surface area contributed by atoms with Crippen molar-refractivity contribution in [2.24, 2.45) is 5.41 Å². The number of nitrogens with one attached hydrogen (secondary N) is 1. The Bertz CT molecular complexity index is 1040. The first kappa shape index (κ1) is 22.0. The number of ketones is 1. The Hall–Kier alpha value is -3.16. The molecule has 4 rings (SSSR count). The van der Waals surface area contributed by atoms with E-state index in [4.69, 9.17) is 10.5 Å². The van der Waals surface area contributed by atoms with Crippen LogP contribution >= 0.6 is 0 Å². The van der Waals surface area contributed by atoms with Crippen LogP contribution in [-0.2, 0) is 11.2 Å². The molecule has 1 saturated heterocycles. The van der Waals surface area contributed by atoms with Crippen LogP contribution in [0.25, 0.3) is 0 Å². The normalized spacial score (nSPS) is 19.5. The van der Waals surface area contributed by atoms with E-state index in [1.165, 1.54) is 18.7 Å². The topological polar surface area (TPSA) is 110 Å². The van der Waals surface area contributed by atoms with Crippen molar-refractivity contribution in [3.05, 3.63) is 47.3 Å². The van der Waals surface area contributed by atoms with Crippen LogP contribution in [0.15, 0.2) is 30.5 Å². The van der Waals surface area contributed by atoms with Gasteiger partial charge in [-0.2, -0.15) is 0 Å². The molecule has 1 amide bonds. The van der Waals surface area contributed by atoms with Gasteiger partial charge in [0, 0.05) is 25.4 Å². The number of carbonyl (C=O) groups excluding carboxylic acids is 2. The molecule has 2 heterocycles. The lowest BCUT2D eigenvalue weighted by Gasteiger charge is -2.44. The van der Waals surface area contributed by atoms with E-state index in [9.17, 15) is 9.59 Å². The molecule has 0 radical (unpaired) electrons. The summed E-state index contributed by atoms with van der Waals surface area (Å²) in [5, 5.41) is 3.16. The molecule has 0 unspecified atom stereocenters. The number of nitrogens with two attached hydrogens (primary N) is 1. The van der Waals surface area contributed by atoms with Crippen molar-refractivity contribution in [1.29, 1.82) is 0 Å². The van der Waals surface area contributed by atoms with Gasteiger partial charge in [0.05, 0.1) is 12.2 Å². The van der Waals surface area contributed by atoms with Crippen molar-refractivity contribution in [2.45, 2.75) is 58.6 Å². The maximum Gasteiger partial charge on any atom is 0.408 e. The first-order chi connectivity index (χ1) is 15.1. The minimum Gasteiger partial charge on any atom is -0.444 e. The van der Waals surface area contributed by atoms with Crippen molar-refractivity contribution in [3.8, 4) is 0 Å². The van der Waals surface area contributed by atoms with E-state index < -0.39 is 11.7 Å². The molecule has 8 nitrogen and oxygen atoms in total. The van der Waals surface area contributed by atoms with Gasteiger partial charge in [-0.1, -0.05) is 24.3 Å². The lowest BCUT2D eigenvalue weighted by atomic mass is 9.72. The molecule has 8 heteroatoms. The number of amides is 1. The molecule has 0 saturated carbocycles. The highest BCUT2D eigenvalue weighted by Crippen LogP contribution is 2.52. The van der Waals surface area contributed by atoms with E-state index in [0.717, 1.165) is 24.8 Å². The van der Waals surface area contributed by atoms with Gasteiger partial charge in [-0.3, -0.25) is 4.79 Å². The SMILES string of the molecule is CC(=O)c1ncc(N)nc1N1CCC2(CC1)Cc1ccccc1[C@H]2NC(=O)OC(C)(C)C.